The molecule has 1 aliphatic heterocycles. The molecule has 0 bridgehead atoms. The minimum Gasteiger partial charge on any atom is -0.249 e. The molecule has 0 saturated heterocycles. The van der Waals surface area contributed by atoms with Gasteiger partial charge >= 0.3 is 0 Å². The van der Waals surface area contributed by atoms with Crippen LogP contribution in [0.25, 0.3) is 0 Å². The van der Waals surface area contributed by atoms with Crippen LogP contribution in [0, 0.1) is 4.78 Å². The standard InChI is InChI=1S/C9H11NOS/c10-12(11)7-3-5-8-4-1-2-6-9(8)12/h1-2,4,6,10H,3,5,7H2. The number of rotatable bonds is 0. The molecule has 1 unspecified atom stereocenters. The monoisotopic (exact) mass is 181 g/mol. The number of fused-ring (bicyclic) bond motifs is 1. The third-order valence-corrected chi connectivity index (χ3v) is 4.18. The highest BCUT2D eigenvalue weighted by Crippen LogP contribution is 2.24. The lowest BCUT2D eigenvalue weighted by molar-refractivity contribution is 0.664. The summed E-state index contributed by atoms with van der Waals surface area (Å²) in [6.45, 7) is 0. The smallest absolute Gasteiger partial charge is 0.0728 e. The largest absolute Gasteiger partial charge is 0.249 e. The van der Waals surface area contributed by atoms with Crippen molar-refractivity contribution in [3.05, 3.63) is 29.8 Å². The van der Waals surface area contributed by atoms with Crippen molar-refractivity contribution in [1.29, 1.82) is 4.78 Å². The van der Waals surface area contributed by atoms with Gasteiger partial charge in [-0.15, -0.1) is 0 Å². The zero-order chi connectivity index (χ0) is 8.60. The Balaban J connectivity index is 2.67. The maximum absolute atomic E-state index is 11.7. The fourth-order valence-corrected chi connectivity index (χ4v) is 3.27. The SMILES string of the molecule is N=S1(=O)CCCc2ccccc21. The second-order valence-corrected chi connectivity index (χ2v) is 5.29. The Morgan fingerprint density at radius 1 is 1.33 bits per heavy atom. The molecule has 1 aromatic carbocycles. The highest BCUT2D eigenvalue weighted by molar-refractivity contribution is 7.92. The Morgan fingerprint density at radius 3 is 2.83 bits per heavy atom. The van der Waals surface area contributed by atoms with Crippen molar-refractivity contribution in [2.75, 3.05) is 5.75 Å². The molecule has 2 rings (SSSR count). The fraction of sp³-hybridized carbons (Fsp3) is 0.333. The van der Waals surface area contributed by atoms with Crippen LogP contribution in [-0.4, -0.2) is 9.96 Å². The summed E-state index contributed by atoms with van der Waals surface area (Å²) in [5.74, 6) is 0.532. The van der Waals surface area contributed by atoms with Gasteiger partial charge in [-0.25, -0.2) is 8.99 Å². The Hall–Kier alpha value is -0.830. The number of nitrogens with one attached hydrogen (secondary N) is 1. The van der Waals surface area contributed by atoms with Crippen LogP contribution in [0.5, 0.6) is 0 Å². The van der Waals surface area contributed by atoms with E-state index in [2.05, 4.69) is 0 Å². The summed E-state index contributed by atoms with van der Waals surface area (Å²) >= 11 is 0. The van der Waals surface area contributed by atoms with Crippen molar-refractivity contribution < 1.29 is 4.21 Å². The molecule has 0 saturated carbocycles. The summed E-state index contributed by atoms with van der Waals surface area (Å²) in [5, 5.41) is 0. The zero-order valence-corrected chi connectivity index (χ0v) is 7.56. The normalized spacial score (nSPS) is 28.0. The van der Waals surface area contributed by atoms with Gasteiger partial charge < -0.3 is 0 Å². The predicted molar refractivity (Wildman–Crippen MR) is 48.8 cm³/mol. The fourth-order valence-electron chi connectivity index (χ4n) is 1.61. The van der Waals surface area contributed by atoms with Crippen LogP contribution in [0.3, 0.4) is 0 Å². The molecule has 1 aliphatic rings. The Labute approximate surface area is 72.6 Å². The second kappa shape index (κ2) is 2.59. The molecule has 1 aromatic rings. The lowest BCUT2D eigenvalue weighted by Gasteiger charge is -2.17. The first-order valence-corrected chi connectivity index (χ1v) is 5.77. The molecule has 0 radical (unpaired) electrons. The minimum atomic E-state index is -2.44. The first-order chi connectivity index (χ1) is 5.70. The highest BCUT2D eigenvalue weighted by Gasteiger charge is 2.18. The number of hydrogen-bond acceptors (Lipinski definition) is 2. The summed E-state index contributed by atoms with van der Waals surface area (Å²) in [6.07, 6.45) is 1.87. The molecule has 3 heteroatoms. The first kappa shape index (κ1) is 7.80. The van der Waals surface area contributed by atoms with Gasteiger partial charge in [-0.1, -0.05) is 18.2 Å². The molecule has 0 amide bonds. The summed E-state index contributed by atoms with van der Waals surface area (Å²) in [7, 11) is -2.44. The Morgan fingerprint density at radius 2 is 2.08 bits per heavy atom. The van der Waals surface area contributed by atoms with Crippen LogP contribution >= 0.6 is 0 Å². The van der Waals surface area contributed by atoms with E-state index in [0.717, 1.165) is 23.3 Å². The highest BCUT2D eigenvalue weighted by atomic mass is 32.2. The molecular formula is C9H11NOS. The molecule has 0 spiro atoms. The summed E-state index contributed by atoms with van der Waals surface area (Å²) in [6, 6.07) is 7.60. The van der Waals surface area contributed by atoms with Crippen LogP contribution in [0.2, 0.25) is 0 Å². The van der Waals surface area contributed by atoms with Crippen LogP contribution < -0.4 is 0 Å². The molecule has 1 heterocycles. The van der Waals surface area contributed by atoms with Gasteiger partial charge in [-0.05, 0) is 24.5 Å². The molecule has 0 aromatic heterocycles. The van der Waals surface area contributed by atoms with Crippen molar-refractivity contribution in [3.8, 4) is 0 Å². The lowest BCUT2D eigenvalue weighted by Crippen LogP contribution is -2.14. The third-order valence-electron chi connectivity index (χ3n) is 2.21. The Bertz CT molecular complexity index is 395. The number of benzene rings is 1. The van der Waals surface area contributed by atoms with Crippen molar-refractivity contribution >= 4 is 9.73 Å². The zero-order valence-electron chi connectivity index (χ0n) is 6.75. The van der Waals surface area contributed by atoms with Gasteiger partial charge in [0.05, 0.1) is 14.6 Å². The molecule has 12 heavy (non-hydrogen) atoms. The van der Waals surface area contributed by atoms with E-state index in [9.17, 15) is 4.21 Å². The molecular weight excluding hydrogens is 170 g/mol. The average Bonchev–Trinajstić information content (AvgIpc) is 2.04. The second-order valence-electron chi connectivity index (χ2n) is 3.09. The summed E-state index contributed by atoms with van der Waals surface area (Å²) in [4.78, 5) is 0.760. The summed E-state index contributed by atoms with van der Waals surface area (Å²) in [5.41, 5.74) is 1.10. The van der Waals surface area contributed by atoms with Gasteiger partial charge in [0.15, 0.2) is 0 Å². The van der Waals surface area contributed by atoms with E-state index in [1.165, 1.54) is 0 Å². The number of hydrogen-bond donors (Lipinski definition) is 1. The van der Waals surface area contributed by atoms with E-state index in [0.29, 0.717) is 5.75 Å². The molecule has 0 fully saturated rings. The quantitative estimate of drug-likeness (QED) is 0.653. The summed E-state index contributed by atoms with van der Waals surface area (Å²) < 4.78 is 19.3. The minimum absolute atomic E-state index is 0.532. The molecule has 1 N–H and O–H groups in total. The first-order valence-electron chi connectivity index (χ1n) is 4.04. The van der Waals surface area contributed by atoms with E-state index in [1.807, 2.05) is 24.3 Å². The van der Waals surface area contributed by atoms with Crippen molar-refractivity contribution in [2.24, 2.45) is 0 Å². The molecule has 0 aliphatic carbocycles. The maximum atomic E-state index is 11.7. The van der Waals surface area contributed by atoms with Crippen LogP contribution in [-0.2, 0) is 16.1 Å². The van der Waals surface area contributed by atoms with Gasteiger partial charge in [-0.2, -0.15) is 0 Å². The van der Waals surface area contributed by atoms with Crippen molar-refractivity contribution in [1.82, 2.24) is 0 Å². The van der Waals surface area contributed by atoms with E-state index >= 15 is 0 Å². The van der Waals surface area contributed by atoms with E-state index in [1.54, 1.807) is 0 Å². The van der Waals surface area contributed by atoms with E-state index < -0.39 is 9.73 Å². The van der Waals surface area contributed by atoms with Gasteiger partial charge in [0, 0.05) is 5.75 Å². The maximum Gasteiger partial charge on any atom is 0.0728 e. The Kier molecular flexibility index (Phi) is 1.68. The van der Waals surface area contributed by atoms with Crippen LogP contribution in [0.4, 0.5) is 0 Å². The van der Waals surface area contributed by atoms with Gasteiger partial charge in [-0.3, -0.25) is 0 Å². The molecule has 1 atom stereocenters. The average molecular weight is 181 g/mol. The third kappa shape index (κ3) is 1.14. The predicted octanol–water partition coefficient (Wildman–Crippen LogP) is 2.04. The van der Waals surface area contributed by atoms with Crippen molar-refractivity contribution in [3.63, 3.8) is 0 Å². The molecule has 64 valence electrons. The van der Waals surface area contributed by atoms with Gasteiger partial charge in [0.25, 0.3) is 0 Å². The van der Waals surface area contributed by atoms with Crippen LogP contribution in [0.15, 0.2) is 29.2 Å². The van der Waals surface area contributed by atoms with Gasteiger partial charge in [0.1, 0.15) is 0 Å². The van der Waals surface area contributed by atoms with Gasteiger partial charge in [0.2, 0.25) is 0 Å². The topological polar surface area (TPSA) is 40.9 Å². The number of aryl methyl sites for hydroxylation is 1. The van der Waals surface area contributed by atoms with Crippen molar-refractivity contribution in [2.45, 2.75) is 17.7 Å². The van der Waals surface area contributed by atoms with E-state index in [4.69, 9.17) is 4.78 Å². The lowest BCUT2D eigenvalue weighted by atomic mass is 10.1. The molecule has 2 nitrogen and oxygen atoms in total. The van der Waals surface area contributed by atoms with E-state index in [-0.39, 0.29) is 0 Å². The van der Waals surface area contributed by atoms with Crippen LogP contribution in [0.1, 0.15) is 12.0 Å².